The molecular formula is C18H13BO3. The van der Waals surface area contributed by atoms with E-state index in [1.807, 2.05) is 48.5 Å². The maximum atomic E-state index is 9.14. The second kappa shape index (κ2) is 5.02. The van der Waals surface area contributed by atoms with Gasteiger partial charge in [-0.3, -0.25) is 0 Å². The van der Waals surface area contributed by atoms with Crippen molar-refractivity contribution < 1.29 is 14.7 Å². The van der Waals surface area contributed by atoms with Crippen LogP contribution in [0.25, 0.3) is 32.3 Å². The molecule has 0 aliphatic carbocycles. The van der Waals surface area contributed by atoms with E-state index in [4.69, 9.17) is 14.7 Å². The van der Waals surface area contributed by atoms with Gasteiger partial charge in [-0.15, -0.1) is 0 Å². The summed E-state index contributed by atoms with van der Waals surface area (Å²) >= 11 is 0. The lowest BCUT2D eigenvalue weighted by Crippen LogP contribution is -2.20. The van der Waals surface area contributed by atoms with Crippen molar-refractivity contribution in [3.05, 3.63) is 66.7 Å². The zero-order chi connectivity index (χ0) is 15.1. The van der Waals surface area contributed by atoms with Gasteiger partial charge in [0.2, 0.25) is 0 Å². The molecule has 0 unspecified atom stereocenters. The summed E-state index contributed by atoms with van der Waals surface area (Å²) in [6, 6.07) is 22.0. The molecule has 0 atom stereocenters. The summed E-state index contributed by atoms with van der Waals surface area (Å²) in [6.45, 7) is 0. The van der Waals surface area contributed by atoms with Crippen molar-refractivity contribution in [1.29, 1.82) is 0 Å². The summed E-state index contributed by atoms with van der Waals surface area (Å²) in [4.78, 5) is 0. The van der Waals surface area contributed by atoms with E-state index in [9.17, 15) is 0 Å². The summed E-state index contributed by atoms with van der Waals surface area (Å²) in [5, 5.41) is 24.7. The first-order valence-corrected chi connectivity index (χ1v) is 7.10. The van der Waals surface area contributed by atoms with Crippen LogP contribution in [0.3, 0.4) is 0 Å². The predicted octanol–water partition coefficient (Wildman–Crippen LogP) is 3.49. The summed E-state index contributed by atoms with van der Waals surface area (Å²) in [7, 11) is -1.83. The molecule has 0 aromatic heterocycles. The first-order valence-electron chi connectivity index (χ1n) is 7.10. The minimum Gasteiger partial charge on any atom is -0.511 e. The Morgan fingerprint density at radius 2 is 1.32 bits per heavy atom. The van der Waals surface area contributed by atoms with Crippen LogP contribution >= 0.6 is 0 Å². The molecule has 4 aromatic carbocycles. The zero-order valence-corrected chi connectivity index (χ0v) is 11.7. The van der Waals surface area contributed by atoms with Crippen LogP contribution in [0.2, 0.25) is 0 Å². The molecule has 106 valence electrons. The molecule has 0 radical (unpaired) electrons. The molecule has 2 N–H and O–H groups in total. The number of hydrogen-bond donors (Lipinski definition) is 2. The Morgan fingerprint density at radius 1 is 0.682 bits per heavy atom. The van der Waals surface area contributed by atoms with E-state index >= 15 is 0 Å². The Labute approximate surface area is 127 Å². The molecular weight excluding hydrogens is 275 g/mol. The highest BCUT2D eigenvalue weighted by Gasteiger charge is 2.15. The molecule has 0 fully saturated rings. The van der Waals surface area contributed by atoms with Crippen molar-refractivity contribution in [3.8, 4) is 5.75 Å². The Morgan fingerprint density at radius 3 is 2.09 bits per heavy atom. The van der Waals surface area contributed by atoms with E-state index in [0.29, 0.717) is 5.75 Å². The third kappa shape index (κ3) is 2.01. The van der Waals surface area contributed by atoms with E-state index in [-0.39, 0.29) is 0 Å². The van der Waals surface area contributed by atoms with Crippen molar-refractivity contribution in [2.45, 2.75) is 0 Å². The second-order valence-electron chi connectivity index (χ2n) is 5.25. The lowest BCUT2D eigenvalue weighted by atomic mass is 9.95. The Balaban J connectivity index is 2.20. The lowest BCUT2D eigenvalue weighted by Gasteiger charge is -2.13. The third-order valence-corrected chi connectivity index (χ3v) is 3.94. The van der Waals surface area contributed by atoms with E-state index in [0.717, 1.165) is 21.5 Å². The summed E-state index contributed by atoms with van der Waals surface area (Å²) < 4.78 is 5.16. The van der Waals surface area contributed by atoms with Crippen molar-refractivity contribution in [1.82, 2.24) is 0 Å². The highest BCUT2D eigenvalue weighted by molar-refractivity contribution is 6.34. The highest BCUT2D eigenvalue weighted by atomic mass is 16.6. The summed E-state index contributed by atoms with van der Waals surface area (Å²) in [5.74, 6) is 0.466. The van der Waals surface area contributed by atoms with Crippen LogP contribution in [0, 0.1) is 0 Å². The Bertz CT molecular complexity index is 995. The van der Waals surface area contributed by atoms with Gasteiger partial charge in [0.15, 0.2) is 0 Å². The monoisotopic (exact) mass is 288 g/mol. The Kier molecular flexibility index (Phi) is 3.00. The molecule has 4 heteroatoms. The topological polar surface area (TPSA) is 49.7 Å². The number of fused-ring (bicyclic) bond motifs is 5. The maximum absolute atomic E-state index is 9.14. The number of benzene rings is 4. The van der Waals surface area contributed by atoms with E-state index in [1.165, 1.54) is 10.8 Å². The molecule has 4 aromatic rings. The van der Waals surface area contributed by atoms with E-state index in [1.54, 1.807) is 0 Å². The predicted molar refractivity (Wildman–Crippen MR) is 89.8 cm³/mol. The molecule has 4 rings (SSSR count). The van der Waals surface area contributed by atoms with Crippen LogP contribution in [-0.2, 0) is 0 Å². The summed E-state index contributed by atoms with van der Waals surface area (Å²) in [5.41, 5.74) is 0. The average Bonchev–Trinajstić information content (AvgIpc) is 2.54. The standard InChI is InChI=1S/C18H13BO3/c20-19(21)22-17-11-13-10-9-12-5-1-2-6-14(12)18(13)16-8-4-3-7-15(16)17/h1-11,20-21H. The molecule has 0 heterocycles. The molecule has 3 nitrogen and oxygen atoms in total. The number of hydrogen-bond acceptors (Lipinski definition) is 3. The Hall–Kier alpha value is -2.56. The van der Waals surface area contributed by atoms with Crippen molar-refractivity contribution in [2.24, 2.45) is 0 Å². The van der Waals surface area contributed by atoms with Crippen molar-refractivity contribution in [2.75, 3.05) is 0 Å². The van der Waals surface area contributed by atoms with Gasteiger partial charge in [0.05, 0.1) is 0 Å². The second-order valence-corrected chi connectivity index (χ2v) is 5.25. The average molecular weight is 288 g/mol. The van der Waals surface area contributed by atoms with E-state index in [2.05, 4.69) is 18.2 Å². The largest absolute Gasteiger partial charge is 0.707 e. The van der Waals surface area contributed by atoms with Crippen LogP contribution in [0.5, 0.6) is 5.75 Å². The molecule has 0 amide bonds. The van der Waals surface area contributed by atoms with Gasteiger partial charge < -0.3 is 14.7 Å². The van der Waals surface area contributed by atoms with Crippen LogP contribution in [-0.4, -0.2) is 17.4 Å². The zero-order valence-electron chi connectivity index (χ0n) is 11.7. The van der Waals surface area contributed by atoms with Crippen LogP contribution in [0.1, 0.15) is 0 Å². The van der Waals surface area contributed by atoms with Gasteiger partial charge in [0.1, 0.15) is 5.75 Å². The fourth-order valence-corrected chi connectivity index (χ4v) is 3.06. The quantitative estimate of drug-likeness (QED) is 0.438. The first-order chi connectivity index (χ1) is 10.7. The van der Waals surface area contributed by atoms with Crippen LogP contribution in [0.4, 0.5) is 0 Å². The molecule has 0 bridgehead atoms. The smallest absolute Gasteiger partial charge is 0.511 e. The summed E-state index contributed by atoms with van der Waals surface area (Å²) in [6.07, 6.45) is 0. The molecule has 0 saturated heterocycles. The van der Waals surface area contributed by atoms with Gasteiger partial charge in [0, 0.05) is 5.39 Å². The van der Waals surface area contributed by atoms with Crippen LogP contribution < -0.4 is 4.65 Å². The normalized spacial score (nSPS) is 11.2. The van der Waals surface area contributed by atoms with Gasteiger partial charge in [-0.2, -0.15) is 0 Å². The van der Waals surface area contributed by atoms with E-state index < -0.39 is 7.32 Å². The molecule has 0 aliphatic heterocycles. The highest BCUT2D eigenvalue weighted by Crippen LogP contribution is 2.37. The SMILES string of the molecule is OB(O)Oc1cc2ccc3ccccc3c2c2ccccc12. The van der Waals surface area contributed by atoms with Gasteiger partial charge in [0.25, 0.3) is 0 Å². The minimum atomic E-state index is -1.83. The molecule has 22 heavy (non-hydrogen) atoms. The van der Waals surface area contributed by atoms with Crippen molar-refractivity contribution >= 4 is 39.6 Å². The van der Waals surface area contributed by atoms with Gasteiger partial charge >= 0.3 is 7.32 Å². The van der Waals surface area contributed by atoms with Gasteiger partial charge in [-0.05, 0) is 33.0 Å². The van der Waals surface area contributed by atoms with Gasteiger partial charge in [-0.1, -0.05) is 60.7 Å². The fraction of sp³-hybridized carbons (Fsp3) is 0. The van der Waals surface area contributed by atoms with Gasteiger partial charge in [-0.25, -0.2) is 0 Å². The third-order valence-electron chi connectivity index (χ3n) is 3.94. The number of rotatable bonds is 2. The fourth-order valence-electron chi connectivity index (χ4n) is 3.06. The maximum Gasteiger partial charge on any atom is 0.707 e. The molecule has 0 spiro atoms. The first kappa shape index (κ1) is 13.1. The van der Waals surface area contributed by atoms with Crippen molar-refractivity contribution in [3.63, 3.8) is 0 Å². The minimum absolute atomic E-state index is 0.466. The lowest BCUT2D eigenvalue weighted by molar-refractivity contribution is 0.290. The molecule has 0 saturated carbocycles. The van der Waals surface area contributed by atoms with Crippen LogP contribution in [0.15, 0.2) is 66.7 Å². The molecule has 0 aliphatic rings.